The van der Waals surface area contributed by atoms with Crippen LogP contribution in [0.15, 0.2) is 24.3 Å². The van der Waals surface area contributed by atoms with Gasteiger partial charge in [0.15, 0.2) is 5.11 Å². The van der Waals surface area contributed by atoms with Crippen LogP contribution in [0.1, 0.15) is 23.7 Å². The zero-order valence-electron chi connectivity index (χ0n) is 8.99. The van der Waals surface area contributed by atoms with Gasteiger partial charge >= 0.3 is 5.97 Å². The molecule has 0 saturated heterocycles. The Balaban J connectivity index is 2.73. The van der Waals surface area contributed by atoms with Crippen LogP contribution >= 0.6 is 12.2 Å². The van der Waals surface area contributed by atoms with Gasteiger partial charge in [0.2, 0.25) is 0 Å². The predicted octanol–water partition coefficient (Wildman–Crippen LogP) is 2.08. The summed E-state index contributed by atoms with van der Waals surface area (Å²) < 4.78 is 0. The van der Waals surface area contributed by atoms with E-state index < -0.39 is 5.97 Å². The number of carboxylic acids is 1. The van der Waals surface area contributed by atoms with Crippen molar-refractivity contribution in [2.75, 3.05) is 11.9 Å². The molecular formula is C11H14N2O2S. The minimum absolute atomic E-state index is 0.211. The molecule has 0 aliphatic heterocycles. The Hall–Kier alpha value is -1.62. The number of carboxylic acid groups (broad SMARTS) is 1. The van der Waals surface area contributed by atoms with Gasteiger partial charge in [-0.1, -0.05) is 19.1 Å². The maximum atomic E-state index is 10.9. The lowest BCUT2D eigenvalue weighted by Crippen LogP contribution is -2.29. The number of hydrogen-bond acceptors (Lipinski definition) is 2. The molecule has 0 fully saturated rings. The van der Waals surface area contributed by atoms with Crippen molar-refractivity contribution < 1.29 is 9.90 Å². The van der Waals surface area contributed by atoms with Crippen molar-refractivity contribution in [3.8, 4) is 0 Å². The molecule has 1 aromatic carbocycles. The third kappa shape index (κ3) is 3.51. The van der Waals surface area contributed by atoms with E-state index in [2.05, 4.69) is 10.6 Å². The Morgan fingerprint density at radius 1 is 1.44 bits per heavy atom. The van der Waals surface area contributed by atoms with Crippen LogP contribution in [0, 0.1) is 0 Å². The van der Waals surface area contributed by atoms with E-state index in [0.29, 0.717) is 10.8 Å². The van der Waals surface area contributed by atoms with Crippen LogP contribution in [0.4, 0.5) is 5.69 Å². The van der Waals surface area contributed by atoms with Gasteiger partial charge in [0, 0.05) is 6.54 Å². The van der Waals surface area contributed by atoms with Crippen molar-refractivity contribution in [1.82, 2.24) is 5.32 Å². The quantitative estimate of drug-likeness (QED) is 0.701. The summed E-state index contributed by atoms with van der Waals surface area (Å²) in [6.45, 7) is 2.79. The fraction of sp³-hybridized carbons (Fsp3) is 0.273. The van der Waals surface area contributed by atoms with Gasteiger partial charge < -0.3 is 15.7 Å². The Bertz CT molecular complexity index is 393. The summed E-state index contributed by atoms with van der Waals surface area (Å²) in [4.78, 5) is 10.9. The average molecular weight is 238 g/mol. The van der Waals surface area contributed by atoms with E-state index in [9.17, 15) is 4.79 Å². The molecule has 0 aliphatic rings. The second-order valence-electron chi connectivity index (χ2n) is 3.23. The third-order valence-corrected chi connectivity index (χ3v) is 2.19. The molecular weight excluding hydrogens is 224 g/mol. The monoisotopic (exact) mass is 238 g/mol. The highest BCUT2D eigenvalue weighted by Gasteiger charge is 2.09. The van der Waals surface area contributed by atoms with E-state index >= 15 is 0 Å². The van der Waals surface area contributed by atoms with Crippen LogP contribution < -0.4 is 10.6 Å². The number of nitrogens with one attached hydrogen (secondary N) is 2. The van der Waals surface area contributed by atoms with Crippen molar-refractivity contribution in [2.45, 2.75) is 13.3 Å². The van der Waals surface area contributed by atoms with Crippen molar-refractivity contribution >= 4 is 29.0 Å². The Morgan fingerprint density at radius 2 is 2.12 bits per heavy atom. The van der Waals surface area contributed by atoms with Crippen LogP contribution in [-0.4, -0.2) is 22.7 Å². The number of benzene rings is 1. The van der Waals surface area contributed by atoms with Crippen molar-refractivity contribution in [3.63, 3.8) is 0 Å². The van der Waals surface area contributed by atoms with Crippen LogP contribution in [-0.2, 0) is 0 Å². The molecule has 0 saturated carbocycles. The molecule has 1 rings (SSSR count). The number of carbonyl (C=O) groups is 1. The first-order valence-electron chi connectivity index (χ1n) is 5.02. The van der Waals surface area contributed by atoms with Gasteiger partial charge in [0.25, 0.3) is 0 Å². The highest BCUT2D eigenvalue weighted by atomic mass is 32.1. The van der Waals surface area contributed by atoms with E-state index in [1.165, 1.54) is 6.07 Å². The highest BCUT2D eigenvalue weighted by Crippen LogP contribution is 2.14. The van der Waals surface area contributed by atoms with E-state index in [0.717, 1.165) is 13.0 Å². The normalized spacial score (nSPS) is 9.56. The lowest BCUT2D eigenvalue weighted by molar-refractivity contribution is 0.0698. The maximum Gasteiger partial charge on any atom is 0.337 e. The number of para-hydroxylation sites is 1. The third-order valence-electron chi connectivity index (χ3n) is 1.94. The van der Waals surface area contributed by atoms with E-state index in [1.807, 2.05) is 6.92 Å². The zero-order chi connectivity index (χ0) is 12.0. The second kappa shape index (κ2) is 6.07. The number of hydrogen-bond donors (Lipinski definition) is 3. The number of aromatic carboxylic acids is 1. The Morgan fingerprint density at radius 3 is 2.75 bits per heavy atom. The highest BCUT2D eigenvalue weighted by molar-refractivity contribution is 7.80. The number of thiocarbonyl (C=S) groups is 1. The van der Waals surface area contributed by atoms with E-state index in [-0.39, 0.29) is 5.56 Å². The van der Waals surface area contributed by atoms with Gasteiger partial charge in [-0.2, -0.15) is 0 Å². The first kappa shape index (κ1) is 12.4. The minimum atomic E-state index is -0.971. The molecule has 3 N–H and O–H groups in total. The Kier molecular flexibility index (Phi) is 4.72. The fourth-order valence-electron chi connectivity index (χ4n) is 1.18. The molecule has 5 heteroatoms. The molecule has 4 nitrogen and oxygen atoms in total. The summed E-state index contributed by atoms with van der Waals surface area (Å²) in [7, 11) is 0. The van der Waals surface area contributed by atoms with Gasteiger partial charge in [-0.15, -0.1) is 0 Å². The smallest absolute Gasteiger partial charge is 0.337 e. The molecule has 0 unspecified atom stereocenters. The maximum absolute atomic E-state index is 10.9. The summed E-state index contributed by atoms with van der Waals surface area (Å²) in [6, 6.07) is 6.66. The lowest BCUT2D eigenvalue weighted by atomic mass is 10.2. The standard InChI is InChI=1S/C11H14N2O2S/c1-2-7-12-11(16)13-9-6-4-3-5-8(9)10(14)15/h3-6H,2,7H2,1H3,(H,14,15)(H2,12,13,16). The SMILES string of the molecule is CCCNC(=S)Nc1ccccc1C(=O)O. The van der Waals surface area contributed by atoms with Crippen LogP contribution in [0.25, 0.3) is 0 Å². The van der Waals surface area contributed by atoms with E-state index in [4.69, 9.17) is 17.3 Å². The molecule has 0 aliphatic carbocycles. The number of anilines is 1. The average Bonchev–Trinajstić information content (AvgIpc) is 2.27. The van der Waals surface area contributed by atoms with E-state index in [1.54, 1.807) is 18.2 Å². The van der Waals surface area contributed by atoms with Gasteiger partial charge in [0.1, 0.15) is 0 Å². The molecule has 0 heterocycles. The van der Waals surface area contributed by atoms with Gasteiger partial charge in [-0.05, 0) is 30.8 Å². The van der Waals surface area contributed by atoms with Crippen LogP contribution in [0.3, 0.4) is 0 Å². The van der Waals surface area contributed by atoms with Gasteiger partial charge in [-0.3, -0.25) is 0 Å². The summed E-state index contributed by atoms with van der Waals surface area (Å²) in [5.41, 5.74) is 0.715. The second-order valence-corrected chi connectivity index (χ2v) is 3.64. The van der Waals surface area contributed by atoms with Crippen molar-refractivity contribution in [1.29, 1.82) is 0 Å². The molecule has 0 bridgehead atoms. The van der Waals surface area contributed by atoms with Crippen LogP contribution in [0.5, 0.6) is 0 Å². The molecule has 1 aromatic rings. The lowest BCUT2D eigenvalue weighted by Gasteiger charge is -2.11. The molecule has 0 atom stereocenters. The first-order chi connectivity index (χ1) is 7.65. The number of rotatable bonds is 4. The zero-order valence-corrected chi connectivity index (χ0v) is 9.80. The first-order valence-corrected chi connectivity index (χ1v) is 5.43. The molecule has 0 spiro atoms. The largest absolute Gasteiger partial charge is 0.478 e. The molecule has 0 amide bonds. The topological polar surface area (TPSA) is 61.4 Å². The summed E-state index contributed by atoms with van der Waals surface area (Å²) in [5.74, 6) is -0.971. The molecule has 0 radical (unpaired) electrons. The minimum Gasteiger partial charge on any atom is -0.478 e. The molecule has 86 valence electrons. The summed E-state index contributed by atoms with van der Waals surface area (Å²) in [6.07, 6.45) is 0.961. The summed E-state index contributed by atoms with van der Waals surface area (Å²) >= 11 is 5.03. The van der Waals surface area contributed by atoms with Gasteiger partial charge in [0.05, 0.1) is 11.3 Å². The fourth-order valence-corrected chi connectivity index (χ4v) is 1.40. The Labute approximate surface area is 99.7 Å². The van der Waals surface area contributed by atoms with Crippen molar-refractivity contribution in [3.05, 3.63) is 29.8 Å². The van der Waals surface area contributed by atoms with Gasteiger partial charge in [-0.25, -0.2) is 4.79 Å². The van der Waals surface area contributed by atoms with Crippen molar-refractivity contribution in [2.24, 2.45) is 0 Å². The molecule has 0 aromatic heterocycles. The van der Waals surface area contributed by atoms with Crippen LogP contribution in [0.2, 0.25) is 0 Å². The molecule has 16 heavy (non-hydrogen) atoms. The predicted molar refractivity (Wildman–Crippen MR) is 67.9 cm³/mol. The summed E-state index contributed by atoms with van der Waals surface area (Å²) in [5, 5.41) is 15.2.